The average molecular weight is 669 g/mol. The molecule has 2 aliphatic heterocycles. The van der Waals surface area contributed by atoms with Crippen LogP contribution in [0.4, 0.5) is 0 Å². The second-order valence-corrected chi connectivity index (χ2v) is 10.9. The number of phenols is 2. The summed E-state index contributed by atoms with van der Waals surface area (Å²) < 4.78 is 44.5. The standard InChI is InChI=1S/C30H36O17/c1-10-18(33)22(37)24(39)29(43-10)47-28-23(38)19(34)16(9-31)46-30(28)45-15-8-14-17(20(35)26(15)41-3)21(36)27(42-4)25(44-14)11-5-6-13(40-2)12(32)7-11/h5-8,10,16,18-19,22-24,28-35,37-39H,9H2,1-4H3. The van der Waals surface area contributed by atoms with Crippen molar-refractivity contribution in [1.82, 2.24) is 0 Å². The van der Waals surface area contributed by atoms with Crippen molar-refractivity contribution in [2.75, 3.05) is 27.9 Å². The molecule has 0 aliphatic carbocycles. The van der Waals surface area contributed by atoms with Crippen molar-refractivity contribution in [3.8, 4) is 45.8 Å². The van der Waals surface area contributed by atoms with Crippen LogP contribution in [0.25, 0.3) is 22.3 Å². The van der Waals surface area contributed by atoms with Crippen LogP contribution in [-0.4, -0.2) is 130 Å². The van der Waals surface area contributed by atoms with E-state index in [4.69, 9.17) is 37.6 Å². The van der Waals surface area contributed by atoms with E-state index < -0.39 is 84.9 Å². The van der Waals surface area contributed by atoms with E-state index in [0.29, 0.717) is 0 Å². The molecular formula is C30H36O17. The van der Waals surface area contributed by atoms with Gasteiger partial charge in [-0.05, 0) is 25.1 Å². The molecule has 47 heavy (non-hydrogen) atoms. The molecule has 3 aromatic rings. The SMILES string of the molecule is COc1ccc(-c2oc3cc(OC4OC(CO)C(O)C(O)C4OC4OC(C)C(O)C(O)C4O)c(OC)c(O)c3c(=O)c2OC)cc1O. The Morgan fingerprint density at radius 2 is 1.49 bits per heavy atom. The van der Waals surface area contributed by atoms with Crippen molar-refractivity contribution in [2.24, 2.45) is 0 Å². The number of benzene rings is 2. The maximum atomic E-state index is 13.6. The van der Waals surface area contributed by atoms with E-state index in [0.717, 1.165) is 13.2 Å². The summed E-state index contributed by atoms with van der Waals surface area (Å²) in [4.78, 5) is 13.6. The second-order valence-electron chi connectivity index (χ2n) is 10.9. The third kappa shape index (κ3) is 6.13. The van der Waals surface area contributed by atoms with Gasteiger partial charge in [-0.25, -0.2) is 0 Å². The molecule has 0 spiro atoms. The third-order valence-corrected chi connectivity index (χ3v) is 8.05. The Morgan fingerprint density at radius 3 is 2.11 bits per heavy atom. The molecule has 0 amide bonds. The van der Waals surface area contributed by atoms with Crippen LogP contribution in [0, 0.1) is 0 Å². The molecule has 8 N–H and O–H groups in total. The van der Waals surface area contributed by atoms with E-state index in [1.807, 2.05) is 0 Å². The van der Waals surface area contributed by atoms with E-state index in [9.17, 15) is 45.6 Å². The highest BCUT2D eigenvalue weighted by molar-refractivity contribution is 5.91. The lowest BCUT2D eigenvalue weighted by Gasteiger charge is -2.45. The maximum absolute atomic E-state index is 13.6. The van der Waals surface area contributed by atoms with Crippen molar-refractivity contribution < 1.29 is 78.4 Å². The van der Waals surface area contributed by atoms with Gasteiger partial charge >= 0.3 is 0 Å². The van der Waals surface area contributed by atoms with Gasteiger partial charge in [-0.3, -0.25) is 4.79 Å². The lowest BCUT2D eigenvalue weighted by molar-refractivity contribution is -0.354. The summed E-state index contributed by atoms with van der Waals surface area (Å²) in [6.07, 6.45) is -16.0. The van der Waals surface area contributed by atoms with E-state index in [1.165, 1.54) is 39.3 Å². The average Bonchev–Trinajstić information content (AvgIpc) is 3.05. The van der Waals surface area contributed by atoms with Crippen LogP contribution in [0.2, 0.25) is 0 Å². The predicted molar refractivity (Wildman–Crippen MR) is 157 cm³/mol. The molecule has 2 aromatic carbocycles. The molecule has 2 aliphatic rings. The van der Waals surface area contributed by atoms with Gasteiger partial charge in [-0.1, -0.05) is 0 Å². The monoisotopic (exact) mass is 668 g/mol. The molecule has 5 rings (SSSR count). The number of aromatic hydroxyl groups is 2. The highest BCUT2D eigenvalue weighted by Crippen LogP contribution is 2.45. The molecule has 17 heteroatoms. The van der Waals surface area contributed by atoms with Crippen molar-refractivity contribution in [3.63, 3.8) is 0 Å². The summed E-state index contributed by atoms with van der Waals surface area (Å²) in [6, 6.07) is 5.34. The second kappa shape index (κ2) is 13.7. The van der Waals surface area contributed by atoms with Crippen molar-refractivity contribution in [1.29, 1.82) is 0 Å². The molecule has 10 unspecified atom stereocenters. The number of ether oxygens (including phenoxy) is 7. The van der Waals surface area contributed by atoms with Crippen molar-refractivity contribution in [3.05, 3.63) is 34.5 Å². The lowest BCUT2D eigenvalue weighted by atomic mass is 9.97. The summed E-state index contributed by atoms with van der Waals surface area (Å²) in [5.74, 6) is -2.02. The van der Waals surface area contributed by atoms with Crippen LogP contribution in [0.1, 0.15) is 6.92 Å². The van der Waals surface area contributed by atoms with Crippen LogP contribution in [-0.2, 0) is 14.2 Å². The minimum absolute atomic E-state index is 0.134. The largest absolute Gasteiger partial charge is 0.504 e. The number of fused-ring (bicyclic) bond motifs is 1. The number of methoxy groups -OCH3 is 3. The van der Waals surface area contributed by atoms with Gasteiger partial charge in [0.1, 0.15) is 47.6 Å². The number of hydrogen-bond donors (Lipinski definition) is 8. The van der Waals surface area contributed by atoms with Gasteiger partial charge in [0, 0.05) is 11.6 Å². The van der Waals surface area contributed by atoms with Crippen molar-refractivity contribution >= 4 is 11.0 Å². The number of aliphatic hydroxyl groups is 6. The van der Waals surface area contributed by atoms with E-state index in [2.05, 4.69) is 0 Å². The predicted octanol–water partition coefficient (Wildman–Crippen LogP) is -1.07. The minimum Gasteiger partial charge on any atom is -0.504 e. The first kappa shape index (κ1) is 34.4. The molecule has 0 radical (unpaired) electrons. The van der Waals surface area contributed by atoms with Gasteiger partial charge in [-0.15, -0.1) is 0 Å². The number of phenolic OH excluding ortho intramolecular Hbond substituents is 2. The quantitative estimate of drug-likeness (QED) is 0.135. The highest BCUT2D eigenvalue weighted by Gasteiger charge is 2.51. The van der Waals surface area contributed by atoms with E-state index in [-0.39, 0.29) is 45.3 Å². The van der Waals surface area contributed by atoms with Crippen molar-refractivity contribution in [2.45, 2.75) is 68.3 Å². The van der Waals surface area contributed by atoms with Gasteiger partial charge in [-0.2, -0.15) is 0 Å². The smallest absolute Gasteiger partial charge is 0.239 e. The Hall–Kier alpha value is -3.91. The molecule has 2 fully saturated rings. The summed E-state index contributed by atoms with van der Waals surface area (Å²) in [5, 5.41) is 83.3. The van der Waals surface area contributed by atoms with Gasteiger partial charge in [0.25, 0.3) is 0 Å². The summed E-state index contributed by atoms with van der Waals surface area (Å²) in [5.41, 5.74) is -0.857. The molecule has 17 nitrogen and oxygen atoms in total. The maximum Gasteiger partial charge on any atom is 0.239 e. The zero-order chi connectivity index (χ0) is 34.3. The Bertz CT molecular complexity index is 1640. The van der Waals surface area contributed by atoms with Gasteiger partial charge in [0.2, 0.25) is 23.2 Å². The Kier molecular flexibility index (Phi) is 10.0. The molecule has 3 heterocycles. The van der Waals surface area contributed by atoms with Crippen LogP contribution in [0.3, 0.4) is 0 Å². The summed E-state index contributed by atoms with van der Waals surface area (Å²) in [6.45, 7) is 0.629. The number of rotatable bonds is 9. The van der Waals surface area contributed by atoms with Crippen LogP contribution >= 0.6 is 0 Å². The molecular weight excluding hydrogens is 632 g/mol. The molecule has 2 saturated heterocycles. The number of aliphatic hydroxyl groups excluding tert-OH is 6. The topological polar surface area (TPSA) is 257 Å². The fourth-order valence-corrected chi connectivity index (χ4v) is 5.47. The molecule has 0 saturated carbocycles. The van der Waals surface area contributed by atoms with Gasteiger partial charge in [0.15, 0.2) is 41.2 Å². The molecule has 258 valence electrons. The third-order valence-electron chi connectivity index (χ3n) is 8.05. The minimum atomic E-state index is -1.84. The van der Waals surface area contributed by atoms with E-state index >= 15 is 0 Å². The first-order valence-electron chi connectivity index (χ1n) is 14.3. The molecule has 10 atom stereocenters. The highest BCUT2D eigenvalue weighted by atomic mass is 16.8. The lowest BCUT2D eigenvalue weighted by Crippen LogP contribution is -2.64. The zero-order valence-electron chi connectivity index (χ0n) is 25.5. The first-order chi connectivity index (χ1) is 22.4. The van der Waals surface area contributed by atoms with Crippen LogP contribution in [0.15, 0.2) is 33.5 Å². The summed E-state index contributed by atoms with van der Waals surface area (Å²) in [7, 11) is 3.73. The molecule has 0 bridgehead atoms. The van der Waals surface area contributed by atoms with Crippen LogP contribution < -0.4 is 24.4 Å². The normalized spacial score (nSPS) is 31.0. The van der Waals surface area contributed by atoms with Gasteiger partial charge in [0.05, 0.1) is 34.0 Å². The molecule has 1 aromatic heterocycles. The fourth-order valence-electron chi connectivity index (χ4n) is 5.47. The Morgan fingerprint density at radius 1 is 0.787 bits per heavy atom. The van der Waals surface area contributed by atoms with Gasteiger partial charge < -0.3 is 78.4 Å². The first-order valence-corrected chi connectivity index (χ1v) is 14.3. The van der Waals surface area contributed by atoms with E-state index in [1.54, 1.807) is 0 Å². The fraction of sp³-hybridized carbons (Fsp3) is 0.500. The zero-order valence-corrected chi connectivity index (χ0v) is 25.5. The summed E-state index contributed by atoms with van der Waals surface area (Å²) >= 11 is 0. The Balaban J connectivity index is 1.59. The van der Waals surface area contributed by atoms with Crippen LogP contribution in [0.5, 0.6) is 34.5 Å². The number of hydrogen-bond acceptors (Lipinski definition) is 17. The Labute approximate surface area is 266 Å².